The molecule has 4 aromatic rings. The van der Waals surface area contributed by atoms with Gasteiger partial charge in [0.1, 0.15) is 5.75 Å². The molecule has 1 aromatic heterocycles. The summed E-state index contributed by atoms with van der Waals surface area (Å²) in [6.07, 6.45) is 4.45. The number of aromatic nitrogens is 1. The maximum absolute atomic E-state index is 12.9. The van der Waals surface area contributed by atoms with Crippen LogP contribution in [0, 0.1) is 6.92 Å². The predicted molar refractivity (Wildman–Crippen MR) is 130 cm³/mol. The third-order valence-corrected chi connectivity index (χ3v) is 5.99. The van der Waals surface area contributed by atoms with Crippen molar-refractivity contribution in [2.75, 3.05) is 7.11 Å². The molecule has 0 unspecified atom stereocenters. The number of hydrogen-bond acceptors (Lipinski definition) is 3. The first-order chi connectivity index (χ1) is 15.6. The highest BCUT2D eigenvalue weighted by Gasteiger charge is 2.18. The van der Waals surface area contributed by atoms with Gasteiger partial charge >= 0.3 is 0 Å². The van der Waals surface area contributed by atoms with Crippen molar-refractivity contribution in [1.29, 1.82) is 0 Å². The van der Waals surface area contributed by atoms with Crippen molar-refractivity contribution in [3.8, 4) is 16.9 Å². The van der Waals surface area contributed by atoms with E-state index in [-0.39, 0.29) is 11.8 Å². The highest BCUT2D eigenvalue weighted by atomic mass is 16.5. The van der Waals surface area contributed by atoms with Crippen molar-refractivity contribution in [3.63, 3.8) is 0 Å². The second-order valence-corrected chi connectivity index (χ2v) is 7.97. The molecule has 0 saturated carbocycles. The third-order valence-electron chi connectivity index (χ3n) is 5.99. The number of nitrogens with one attached hydrogen (secondary N) is 1. The molecule has 0 fully saturated rings. The summed E-state index contributed by atoms with van der Waals surface area (Å²) in [6.45, 7) is 4.56. The van der Waals surface area contributed by atoms with Crippen LogP contribution in [0.1, 0.15) is 36.0 Å². The first-order valence-corrected chi connectivity index (χ1v) is 11.0. The van der Waals surface area contributed by atoms with Gasteiger partial charge in [0.15, 0.2) is 0 Å². The number of carbonyl (C=O) groups excluding carboxylic acids is 1. The van der Waals surface area contributed by atoms with E-state index in [1.807, 2.05) is 68.7 Å². The van der Waals surface area contributed by atoms with E-state index in [4.69, 9.17) is 4.74 Å². The zero-order valence-corrected chi connectivity index (χ0v) is 18.8. The molecule has 32 heavy (non-hydrogen) atoms. The summed E-state index contributed by atoms with van der Waals surface area (Å²) in [7, 11) is 1.69. The first-order valence-electron chi connectivity index (χ1n) is 11.0. The summed E-state index contributed by atoms with van der Waals surface area (Å²) in [4.78, 5) is 17.3. The number of aryl methyl sites for hydroxylation is 1. The second kappa shape index (κ2) is 9.65. The standard InChI is InChI=1S/C28H28N2O2/c1-4-23(20-8-6-5-7-9-20)28(31)30-17-22-10-12-24(25-14-15-29-18-26(22)25)21-11-13-27(32-3)19(2)16-21/h5-16,18,23H,4,17H2,1-3H3,(H,30,31)/t23-/m0/s1. The van der Waals surface area contributed by atoms with Gasteiger partial charge in [-0.1, -0.05) is 55.5 Å². The Morgan fingerprint density at radius 1 is 1.03 bits per heavy atom. The molecule has 0 bridgehead atoms. The van der Waals surface area contributed by atoms with E-state index >= 15 is 0 Å². The maximum atomic E-state index is 12.9. The topological polar surface area (TPSA) is 51.2 Å². The van der Waals surface area contributed by atoms with E-state index in [0.717, 1.165) is 50.8 Å². The number of carbonyl (C=O) groups is 1. The number of benzene rings is 3. The Morgan fingerprint density at radius 3 is 2.56 bits per heavy atom. The summed E-state index contributed by atoms with van der Waals surface area (Å²) in [5.41, 5.74) is 5.46. The third kappa shape index (κ3) is 4.35. The van der Waals surface area contributed by atoms with E-state index in [9.17, 15) is 4.79 Å². The van der Waals surface area contributed by atoms with Crippen molar-refractivity contribution in [3.05, 3.63) is 95.8 Å². The SMILES string of the molecule is CC[C@H](C(=O)NCc1ccc(-c2ccc(OC)c(C)c2)c2ccncc12)c1ccccc1. The molecular weight excluding hydrogens is 396 g/mol. The predicted octanol–water partition coefficient (Wildman–Crippen LogP) is 6.03. The van der Waals surface area contributed by atoms with Crippen LogP contribution in [0.5, 0.6) is 5.75 Å². The zero-order chi connectivity index (χ0) is 22.5. The minimum atomic E-state index is -0.151. The van der Waals surface area contributed by atoms with Crippen LogP contribution in [0.2, 0.25) is 0 Å². The van der Waals surface area contributed by atoms with Gasteiger partial charge in [-0.05, 0) is 64.7 Å². The lowest BCUT2D eigenvalue weighted by Gasteiger charge is -2.17. The van der Waals surface area contributed by atoms with Crippen molar-refractivity contribution in [2.24, 2.45) is 0 Å². The average Bonchev–Trinajstić information content (AvgIpc) is 2.83. The molecule has 0 aliphatic rings. The highest BCUT2D eigenvalue weighted by Crippen LogP contribution is 2.33. The summed E-state index contributed by atoms with van der Waals surface area (Å²) in [6, 6.07) is 22.4. The molecule has 1 atom stereocenters. The van der Waals surface area contributed by atoms with Crippen LogP contribution in [-0.4, -0.2) is 18.0 Å². The molecule has 4 heteroatoms. The Balaban J connectivity index is 1.62. The second-order valence-electron chi connectivity index (χ2n) is 7.97. The highest BCUT2D eigenvalue weighted by molar-refractivity contribution is 5.98. The molecule has 0 saturated heterocycles. The summed E-state index contributed by atoms with van der Waals surface area (Å²) < 4.78 is 5.41. The quantitative estimate of drug-likeness (QED) is 0.394. The fourth-order valence-corrected chi connectivity index (χ4v) is 4.26. The van der Waals surface area contributed by atoms with Crippen LogP contribution in [0.3, 0.4) is 0 Å². The Kier molecular flexibility index (Phi) is 6.50. The molecular formula is C28H28N2O2. The molecule has 1 N–H and O–H groups in total. The molecule has 162 valence electrons. The lowest BCUT2D eigenvalue weighted by Crippen LogP contribution is -2.28. The molecule has 4 rings (SSSR count). The number of fused-ring (bicyclic) bond motifs is 1. The van der Waals surface area contributed by atoms with Crippen molar-refractivity contribution in [1.82, 2.24) is 10.3 Å². The van der Waals surface area contributed by atoms with Crippen LogP contribution in [0.4, 0.5) is 0 Å². The van der Waals surface area contributed by atoms with Gasteiger partial charge < -0.3 is 10.1 Å². The van der Waals surface area contributed by atoms with E-state index in [0.29, 0.717) is 6.54 Å². The maximum Gasteiger partial charge on any atom is 0.227 e. The molecule has 1 amide bonds. The van der Waals surface area contributed by atoms with E-state index in [1.54, 1.807) is 7.11 Å². The molecule has 0 spiro atoms. The number of pyridine rings is 1. The summed E-state index contributed by atoms with van der Waals surface area (Å²) >= 11 is 0. The van der Waals surface area contributed by atoms with Gasteiger partial charge in [-0.2, -0.15) is 0 Å². The average molecular weight is 425 g/mol. The fourth-order valence-electron chi connectivity index (χ4n) is 4.26. The van der Waals surface area contributed by atoms with E-state index < -0.39 is 0 Å². The first kappa shape index (κ1) is 21.6. The van der Waals surface area contributed by atoms with Gasteiger partial charge in [0.2, 0.25) is 5.91 Å². The molecule has 4 nitrogen and oxygen atoms in total. The lowest BCUT2D eigenvalue weighted by molar-refractivity contribution is -0.122. The number of rotatable bonds is 7. The Labute approximate surface area is 189 Å². The van der Waals surface area contributed by atoms with Crippen LogP contribution in [-0.2, 0) is 11.3 Å². The largest absolute Gasteiger partial charge is 0.496 e. The van der Waals surface area contributed by atoms with Gasteiger partial charge in [0.05, 0.1) is 13.0 Å². The van der Waals surface area contributed by atoms with Crippen LogP contribution in [0.25, 0.3) is 21.9 Å². The Bertz CT molecular complexity index is 1230. The smallest absolute Gasteiger partial charge is 0.227 e. The van der Waals surface area contributed by atoms with E-state index in [2.05, 4.69) is 34.6 Å². The molecule has 1 heterocycles. The van der Waals surface area contributed by atoms with Crippen LogP contribution < -0.4 is 10.1 Å². The van der Waals surface area contributed by atoms with Gasteiger partial charge in [0.25, 0.3) is 0 Å². The fraction of sp³-hybridized carbons (Fsp3) is 0.214. The minimum Gasteiger partial charge on any atom is -0.496 e. The van der Waals surface area contributed by atoms with Gasteiger partial charge in [-0.3, -0.25) is 9.78 Å². The number of hydrogen-bond donors (Lipinski definition) is 1. The van der Waals surface area contributed by atoms with Crippen molar-refractivity contribution < 1.29 is 9.53 Å². The summed E-state index contributed by atoms with van der Waals surface area (Å²) in [5, 5.41) is 5.31. The Hall–Kier alpha value is -3.66. The van der Waals surface area contributed by atoms with Crippen LogP contribution >= 0.6 is 0 Å². The molecule has 0 aliphatic heterocycles. The normalized spacial score (nSPS) is 11.8. The monoisotopic (exact) mass is 424 g/mol. The molecule has 0 aliphatic carbocycles. The minimum absolute atomic E-state index is 0.0468. The number of amides is 1. The van der Waals surface area contributed by atoms with E-state index in [1.165, 1.54) is 0 Å². The summed E-state index contributed by atoms with van der Waals surface area (Å²) in [5.74, 6) is 0.774. The number of nitrogens with zero attached hydrogens (tertiary/aromatic N) is 1. The van der Waals surface area contributed by atoms with Crippen molar-refractivity contribution >= 4 is 16.7 Å². The van der Waals surface area contributed by atoms with Gasteiger partial charge in [-0.15, -0.1) is 0 Å². The van der Waals surface area contributed by atoms with Crippen LogP contribution in [0.15, 0.2) is 79.1 Å². The molecule has 0 radical (unpaired) electrons. The number of methoxy groups -OCH3 is 1. The Morgan fingerprint density at radius 2 is 1.84 bits per heavy atom. The molecule has 3 aromatic carbocycles. The van der Waals surface area contributed by atoms with Gasteiger partial charge in [0, 0.05) is 24.3 Å². The van der Waals surface area contributed by atoms with Gasteiger partial charge in [-0.25, -0.2) is 0 Å². The zero-order valence-electron chi connectivity index (χ0n) is 18.8. The van der Waals surface area contributed by atoms with Crippen molar-refractivity contribution in [2.45, 2.75) is 32.7 Å². The number of ether oxygens (including phenoxy) is 1. The lowest BCUT2D eigenvalue weighted by atomic mass is 9.94.